The minimum Gasteiger partial charge on any atom is -0.399 e. The summed E-state index contributed by atoms with van der Waals surface area (Å²) in [4.78, 5) is 18.1. The fourth-order valence-electron chi connectivity index (χ4n) is 5.62. The van der Waals surface area contributed by atoms with Gasteiger partial charge in [-0.3, -0.25) is 14.6 Å². The largest absolute Gasteiger partial charge is 0.399 e. The van der Waals surface area contributed by atoms with Crippen LogP contribution in [0.2, 0.25) is 5.02 Å². The molecule has 3 fully saturated rings. The topological polar surface area (TPSA) is 61.6 Å². The number of benzene rings is 2. The molecule has 3 aliphatic rings. The Balaban J connectivity index is 1.27. The molecule has 170 valence electrons. The summed E-state index contributed by atoms with van der Waals surface area (Å²) in [5.41, 5.74) is 10.00. The van der Waals surface area contributed by atoms with Crippen molar-refractivity contribution in [3.63, 3.8) is 0 Å². The highest BCUT2D eigenvalue weighted by Crippen LogP contribution is 2.36. The van der Waals surface area contributed by atoms with E-state index >= 15 is 0 Å². The predicted molar refractivity (Wildman–Crippen MR) is 131 cm³/mol. The molecular formula is C26H33ClN4O. The lowest BCUT2D eigenvalue weighted by Crippen LogP contribution is -2.54. The van der Waals surface area contributed by atoms with Gasteiger partial charge in [0.05, 0.1) is 0 Å². The number of hydrogen-bond donors (Lipinski definition) is 2. The molecule has 5 nitrogen and oxygen atoms in total. The second-order valence-electron chi connectivity index (χ2n) is 9.89. The molecule has 2 aliphatic heterocycles. The number of piperazine rings is 1. The second kappa shape index (κ2) is 9.05. The van der Waals surface area contributed by atoms with Crippen molar-refractivity contribution in [2.24, 2.45) is 5.92 Å². The number of halogens is 1. The Morgan fingerprint density at radius 1 is 1.12 bits per heavy atom. The summed E-state index contributed by atoms with van der Waals surface area (Å²) in [6.07, 6.45) is 6.91. The Bertz CT molecular complexity index is 991. The first-order valence-corrected chi connectivity index (χ1v) is 12.3. The van der Waals surface area contributed by atoms with E-state index in [1.54, 1.807) is 24.3 Å². The van der Waals surface area contributed by atoms with Gasteiger partial charge >= 0.3 is 0 Å². The second-order valence-corrected chi connectivity index (χ2v) is 10.3. The predicted octanol–water partition coefficient (Wildman–Crippen LogP) is 4.93. The van der Waals surface area contributed by atoms with Crippen LogP contribution in [0.5, 0.6) is 0 Å². The molecule has 6 heteroatoms. The van der Waals surface area contributed by atoms with Crippen molar-refractivity contribution in [3.8, 4) is 0 Å². The van der Waals surface area contributed by atoms with Gasteiger partial charge in [-0.05, 0) is 80.0 Å². The summed E-state index contributed by atoms with van der Waals surface area (Å²) in [6, 6.07) is 12.3. The molecule has 0 radical (unpaired) electrons. The Kier molecular flexibility index (Phi) is 6.15. The van der Waals surface area contributed by atoms with Gasteiger partial charge in [0.2, 0.25) is 0 Å². The fraction of sp³-hybridized carbons (Fsp3) is 0.500. The van der Waals surface area contributed by atoms with E-state index < -0.39 is 0 Å². The fourth-order valence-corrected chi connectivity index (χ4v) is 5.86. The molecule has 0 spiro atoms. The zero-order chi connectivity index (χ0) is 22.2. The number of nitrogens with one attached hydrogen (secondary N) is 1. The van der Waals surface area contributed by atoms with Crippen LogP contribution in [-0.2, 0) is 6.54 Å². The number of nitrogen functional groups attached to an aromatic ring is 1. The highest BCUT2D eigenvalue weighted by atomic mass is 35.5. The van der Waals surface area contributed by atoms with Crippen LogP contribution in [0.1, 0.15) is 53.6 Å². The van der Waals surface area contributed by atoms with Crippen molar-refractivity contribution in [2.75, 3.05) is 30.7 Å². The third-order valence-corrected chi connectivity index (χ3v) is 7.89. The SMILES string of the molecule is Cc1c(CN2CC3CCC(C2)N3CC2CCC2)cc(Cl)cc1NC(=O)c1cccc(N)c1. The molecule has 1 amide bonds. The maximum absolute atomic E-state index is 12.8. The highest BCUT2D eigenvalue weighted by Gasteiger charge is 2.41. The summed E-state index contributed by atoms with van der Waals surface area (Å²) in [5.74, 6) is 0.766. The van der Waals surface area contributed by atoms with Gasteiger partial charge in [0.1, 0.15) is 0 Å². The Hall–Kier alpha value is -2.08. The van der Waals surface area contributed by atoms with Crippen molar-refractivity contribution < 1.29 is 4.79 Å². The quantitative estimate of drug-likeness (QED) is 0.610. The molecule has 2 atom stereocenters. The first-order valence-electron chi connectivity index (χ1n) is 11.9. The molecule has 2 bridgehead atoms. The summed E-state index contributed by atoms with van der Waals surface area (Å²) in [7, 11) is 0. The van der Waals surface area contributed by atoms with Gasteiger partial charge in [0.25, 0.3) is 5.91 Å². The van der Waals surface area contributed by atoms with Gasteiger partial charge in [0, 0.05) is 60.2 Å². The van der Waals surface area contributed by atoms with Crippen molar-refractivity contribution in [1.82, 2.24) is 9.80 Å². The average Bonchev–Trinajstić information content (AvgIpc) is 2.95. The van der Waals surface area contributed by atoms with Crippen LogP contribution >= 0.6 is 11.6 Å². The van der Waals surface area contributed by atoms with Crippen molar-refractivity contribution >= 4 is 28.9 Å². The third kappa shape index (κ3) is 4.52. The molecule has 2 heterocycles. The Morgan fingerprint density at radius 2 is 1.88 bits per heavy atom. The van der Waals surface area contributed by atoms with E-state index in [2.05, 4.69) is 28.1 Å². The lowest BCUT2D eigenvalue weighted by Gasteiger charge is -2.44. The molecule has 2 saturated heterocycles. The van der Waals surface area contributed by atoms with E-state index in [4.69, 9.17) is 17.3 Å². The van der Waals surface area contributed by atoms with E-state index in [-0.39, 0.29) is 5.91 Å². The number of nitrogens with two attached hydrogens (primary N) is 1. The van der Waals surface area contributed by atoms with Gasteiger partial charge in [-0.1, -0.05) is 24.1 Å². The zero-order valence-electron chi connectivity index (χ0n) is 18.8. The van der Waals surface area contributed by atoms with Crippen LogP contribution in [0.25, 0.3) is 0 Å². The van der Waals surface area contributed by atoms with Crippen molar-refractivity contribution in [3.05, 3.63) is 58.1 Å². The van der Waals surface area contributed by atoms with E-state index in [1.165, 1.54) is 44.2 Å². The smallest absolute Gasteiger partial charge is 0.255 e. The number of fused-ring (bicyclic) bond motifs is 2. The normalized spacial score (nSPS) is 23.8. The number of anilines is 2. The molecule has 32 heavy (non-hydrogen) atoms. The molecule has 0 aromatic heterocycles. The standard InChI is InChI=1S/C26H33ClN4O/c1-17-20(10-21(27)12-25(17)29-26(32)19-6-3-7-22(28)11-19)14-30-15-23-8-9-24(16-30)31(23)13-18-4-2-5-18/h3,6-7,10-12,18,23-24H,2,4-5,8-9,13-16,28H2,1H3,(H,29,32). The van der Waals surface area contributed by atoms with Crippen LogP contribution in [0.4, 0.5) is 11.4 Å². The summed E-state index contributed by atoms with van der Waals surface area (Å²) in [6.45, 7) is 6.50. The number of likely N-dealkylation sites (tertiary alicyclic amines) is 1. The summed E-state index contributed by atoms with van der Waals surface area (Å²) >= 11 is 6.47. The average molecular weight is 453 g/mol. The van der Waals surface area contributed by atoms with Crippen molar-refractivity contribution in [2.45, 2.75) is 57.7 Å². The molecule has 5 rings (SSSR count). The number of carbonyl (C=O) groups is 1. The summed E-state index contributed by atoms with van der Waals surface area (Å²) in [5, 5.41) is 3.69. The number of amides is 1. The van der Waals surface area contributed by atoms with E-state index in [0.717, 1.165) is 36.8 Å². The molecular weight excluding hydrogens is 420 g/mol. The first kappa shape index (κ1) is 21.7. The van der Waals surface area contributed by atoms with Crippen LogP contribution in [0.3, 0.4) is 0 Å². The van der Waals surface area contributed by atoms with Crippen LogP contribution in [0.15, 0.2) is 36.4 Å². The monoisotopic (exact) mass is 452 g/mol. The summed E-state index contributed by atoms with van der Waals surface area (Å²) < 4.78 is 0. The molecule has 3 N–H and O–H groups in total. The van der Waals surface area contributed by atoms with E-state index in [0.29, 0.717) is 28.4 Å². The van der Waals surface area contributed by atoms with E-state index in [9.17, 15) is 4.79 Å². The van der Waals surface area contributed by atoms with Gasteiger partial charge in [0.15, 0.2) is 0 Å². The molecule has 2 aromatic rings. The molecule has 2 aromatic carbocycles. The van der Waals surface area contributed by atoms with E-state index in [1.807, 2.05) is 6.07 Å². The number of hydrogen-bond acceptors (Lipinski definition) is 4. The van der Waals surface area contributed by atoms with Crippen LogP contribution in [0, 0.1) is 12.8 Å². The third-order valence-electron chi connectivity index (χ3n) is 7.67. The van der Waals surface area contributed by atoms with Gasteiger partial charge in [-0.15, -0.1) is 0 Å². The zero-order valence-corrected chi connectivity index (χ0v) is 19.6. The number of carbonyl (C=O) groups excluding carboxylic acids is 1. The van der Waals surface area contributed by atoms with Gasteiger partial charge < -0.3 is 11.1 Å². The number of rotatable bonds is 6. The Labute approximate surface area is 195 Å². The Morgan fingerprint density at radius 3 is 2.53 bits per heavy atom. The van der Waals surface area contributed by atoms with Gasteiger partial charge in [-0.25, -0.2) is 0 Å². The highest BCUT2D eigenvalue weighted by molar-refractivity contribution is 6.31. The van der Waals surface area contributed by atoms with Crippen LogP contribution < -0.4 is 11.1 Å². The van der Waals surface area contributed by atoms with Gasteiger partial charge in [-0.2, -0.15) is 0 Å². The lowest BCUT2D eigenvalue weighted by molar-refractivity contribution is 0.0391. The molecule has 1 aliphatic carbocycles. The molecule has 2 unspecified atom stereocenters. The number of nitrogens with zero attached hydrogens (tertiary/aromatic N) is 2. The maximum atomic E-state index is 12.8. The minimum absolute atomic E-state index is 0.170. The first-order chi connectivity index (χ1) is 15.5. The van der Waals surface area contributed by atoms with Crippen molar-refractivity contribution in [1.29, 1.82) is 0 Å². The maximum Gasteiger partial charge on any atom is 0.255 e. The minimum atomic E-state index is -0.170. The lowest BCUT2D eigenvalue weighted by atomic mass is 9.84. The van der Waals surface area contributed by atoms with Crippen LogP contribution in [-0.4, -0.2) is 47.4 Å². The molecule has 1 saturated carbocycles.